The Balaban J connectivity index is 1.30. The number of hydrogen-bond donors (Lipinski definition) is 1. The molecule has 0 bridgehead atoms. The highest BCUT2D eigenvalue weighted by molar-refractivity contribution is 5.98. The minimum absolute atomic E-state index is 0.0674. The molecule has 32 heavy (non-hydrogen) atoms. The van der Waals surface area contributed by atoms with Gasteiger partial charge in [0.25, 0.3) is 0 Å². The number of halogens is 1. The van der Waals surface area contributed by atoms with Gasteiger partial charge in [-0.3, -0.25) is 14.5 Å². The second-order valence-corrected chi connectivity index (χ2v) is 8.49. The predicted octanol–water partition coefficient (Wildman–Crippen LogP) is 3.76. The monoisotopic (exact) mass is 440 g/mol. The van der Waals surface area contributed by atoms with Gasteiger partial charge in [-0.1, -0.05) is 12.1 Å². The zero-order chi connectivity index (χ0) is 22.7. The van der Waals surface area contributed by atoms with Gasteiger partial charge >= 0.3 is 0 Å². The summed E-state index contributed by atoms with van der Waals surface area (Å²) >= 11 is 0. The van der Waals surface area contributed by atoms with Crippen LogP contribution in [0.1, 0.15) is 48.7 Å². The van der Waals surface area contributed by atoms with Gasteiger partial charge in [0.2, 0.25) is 5.91 Å². The molecule has 4 rings (SSSR count). The minimum Gasteiger partial charge on any atom is -0.486 e. The molecule has 2 aromatic carbocycles. The molecule has 0 unspecified atom stereocenters. The second-order valence-electron chi connectivity index (χ2n) is 8.49. The Kier molecular flexibility index (Phi) is 6.74. The first-order valence-corrected chi connectivity index (χ1v) is 11.2. The van der Waals surface area contributed by atoms with E-state index in [9.17, 15) is 14.0 Å². The molecule has 2 atom stereocenters. The van der Waals surface area contributed by atoms with E-state index >= 15 is 0 Å². The number of benzene rings is 2. The van der Waals surface area contributed by atoms with E-state index in [1.54, 1.807) is 30.3 Å². The Morgan fingerprint density at radius 1 is 1.00 bits per heavy atom. The predicted molar refractivity (Wildman–Crippen MR) is 118 cm³/mol. The summed E-state index contributed by atoms with van der Waals surface area (Å²) in [5.41, 5.74) is 1.50. The topological polar surface area (TPSA) is 67.9 Å². The highest BCUT2D eigenvalue weighted by atomic mass is 19.1. The summed E-state index contributed by atoms with van der Waals surface area (Å²) in [6, 6.07) is 11.0. The van der Waals surface area contributed by atoms with E-state index in [0.29, 0.717) is 56.2 Å². The number of Topliss-reactive ketones (excluding diaryl/α,β-unsaturated/α-hetero) is 1. The molecule has 1 amide bonds. The first-order chi connectivity index (χ1) is 15.4. The van der Waals surface area contributed by atoms with Crippen molar-refractivity contribution in [3.8, 4) is 11.5 Å². The van der Waals surface area contributed by atoms with Gasteiger partial charge in [0.1, 0.15) is 19.0 Å². The largest absolute Gasteiger partial charge is 0.486 e. The van der Waals surface area contributed by atoms with Crippen molar-refractivity contribution in [2.24, 2.45) is 5.92 Å². The minimum atomic E-state index is -0.303. The lowest BCUT2D eigenvalue weighted by molar-refractivity contribution is -0.127. The molecule has 2 heterocycles. The number of rotatable bonds is 6. The van der Waals surface area contributed by atoms with Crippen molar-refractivity contribution in [1.29, 1.82) is 0 Å². The molecule has 0 saturated carbocycles. The molecule has 7 heteroatoms. The average molecular weight is 441 g/mol. The van der Waals surface area contributed by atoms with Crippen LogP contribution in [0.3, 0.4) is 0 Å². The molecule has 2 aromatic rings. The molecular formula is C25H29FN2O4. The summed E-state index contributed by atoms with van der Waals surface area (Å²) in [7, 11) is 0. The van der Waals surface area contributed by atoms with E-state index < -0.39 is 0 Å². The maximum Gasteiger partial charge on any atom is 0.237 e. The first-order valence-electron chi connectivity index (χ1n) is 11.2. The Labute approximate surface area is 187 Å². The standard InChI is InChI=1S/C25H29FN2O4/c1-16(18-3-6-21(26)7-4-18)27-25(30)17(2)28-11-9-19(10-12-28)24(29)20-5-8-22-23(15-20)32-14-13-31-22/h3-8,15-17,19H,9-14H2,1-2H3,(H,27,30)/t16-,17+/m1/s1. The van der Waals surface area contributed by atoms with Gasteiger partial charge in [-0.25, -0.2) is 4.39 Å². The normalized spacial score (nSPS) is 18.6. The van der Waals surface area contributed by atoms with Crippen molar-refractivity contribution < 1.29 is 23.5 Å². The fourth-order valence-corrected chi connectivity index (χ4v) is 4.32. The van der Waals surface area contributed by atoms with Crippen LogP contribution in [0.4, 0.5) is 4.39 Å². The lowest BCUT2D eigenvalue weighted by atomic mass is 9.88. The molecule has 170 valence electrons. The molecule has 2 aliphatic heterocycles. The smallest absolute Gasteiger partial charge is 0.237 e. The summed E-state index contributed by atoms with van der Waals surface area (Å²) < 4.78 is 24.3. The summed E-state index contributed by atoms with van der Waals surface area (Å²) in [5, 5.41) is 3.01. The zero-order valence-electron chi connectivity index (χ0n) is 18.5. The molecule has 1 fully saturated rings. The number of nitrogens with zero attached hydrogens (tertiary/aromatic N) is 1. The number of nitrogens with one attached hydrogen (secondary N) is 1. The van der Waals surface area contributed by atoms with Crippen LogP contribution in [0.25, 0.3) is 0 Å². The number of likely N-dealkylation sites (tertiary alicyclic amines) is 1. The average Bonchev–Trinajstić information content (AvgIpc) is 2.83. The Morgan fingerprint density at radius 2 is 1.66 bits per heavy atom. The number of fused-ring (bicyclic) bond motifs is 1. The number of amides is 1. The summed E-state index contributed by atoms with van der Waals surface area (Å²) in [4.78, 5) is 27.9. The van der Waals surface area contributed by atoms with Gasteiger partial charge < -0.3 is 14.8 Å². The fraction of sp³-hybridized carbons (Fsp3) is 0.440. The van der Waals surface area contributed by atoms with Crippen LogP contribution >= 0.6 is 0 Å². The van der Waals surface area contributed by atoms with E-state index in [1.807, 2.05) is 13.8 Å². The number of ketones is 1. The molecule has 1 saturated heterocycles. The number of carbonyl (C=O) groups excluding carboxylic acids is 2. The summed E-state index contributed by atoms with van der Waals surface area (Å²) in [6.45, 7) is 6.14. The van der Waals surface area contributed by atoms with Crippen LogP contribution < -0.4 is 14.8 Å². The number of ether oxygens (including phenoxy) is 2. The van der Waals surface area contributed by atoms with E-state index in [1.165, 1.54) is 12.1 Å². The van der Waals surface area contributed by atoms with Crippen LogP contribution in [0.15, 0.2) is 42.5 Å². The highest BCUT2D eigenvalue weighted by Gasteiger charge is 2.31. The summed E-state index contributed by atoms with van der Waals surface area (Å²) in [5.74, 6) is 0.982. The van der Waals surface area contributed by atoms with Crippen LogP contribution in [0, 0.1) is 11.7 Å². The Morgan fingerprint density at radius 3 is 2.34 bits per heavy atom. The van der Waals surface area contributed by atoms with Crippen LogP contribution in [-0.2, 0) is 4.79 Å². The Hall–Kier alpha value is -2.93. The van der Waals surface area contributed by atoms with Crippen molar-refractivity contribution >= 4 is 11.7 Å². The van der Waals surface area contributed by atoms with E-state index in [-0.39, 0.29) is 35.5 Å². The van der Waals surface area contributed by atoms with Crippen molar-refractivity contribution in [1.82, 2.24) is 10.2 Å². The molecular weight excluding hydrogens is 411 g/mol. The third kappa shape index (κ3) is 4.93. The molecule has 0 spiro atoms. The quantitative estimate of drug-likeness (QED) is 0.693. The number of carbonyl (C=O) groups is 2. The van der Waals surface area contributed by atoms with Gasteiger partial charge in [-0.2, -0.15) is 0 Å². The van der Waals surface area contributed by atoms with Crippen molar-refractivity contribution in [3.63, 3.8) is 0 Å². The summed E-state index contributed by atoms with van der Waals surface area (Å²) in [6.07, 6.45) is 1.41. The van der Waals surface area contributed by atoms with Gasteiger partial charge in [0, 0.05) is 11.5 Å². The third-order valence-electron chi connectivity index (χ3n) is 6.38. The van der Waals surface area contributed by atoms with E-state index in [2.05, 4.69) is 10.2 Å². The van der Waals surface area contributed by atoms with E-state index in [4.69, 9.17) is 9.47 Å². The molecule has 0 aliphatic carbocycles. The maximum atomic E-state index is 13.1. The van der Waals surface area contributed by atoms with Crippen LogP contribution in [0.2, 0.25) is 0 Å². The van der Waals surface area contributed by atoms with Gasteiger partial charge in [-0.15, -0.1) is 0 Å². The molecule has 2 aliphatic rings. The number of hydrogen-bond acceptors (Lipinski definition) is 5. The lowest BCUT2D eigenvalue weighted by Gasteiger charge is -2.35. The van der Waals surface area contributed by atoms with Crippen LogP contribution in [-0.4, -0.2) is 48.9 Å². The number of piperidine rings is 1. The van der Waals surface area contributed by atoms with Gasteiger partial charge in [-0.05, 0) is 75.7 Å². The third-order valence-corrected chi connectivity index (χ3v) is 6.38. The molecule has 0 radical (unpaired) electrons. The molecule has 1 N–H and O–H groups in total. The second kappa shape index (κ2) is 9.69. The van der Waals surface area contributed by atoms with Gasteiger partial charge in [0.05, 0.1) is 12.1 Å². The maximum absolute atomic E-state index is 13.1. The SMILES string of the molecule is C[C@@H](NC(=O)[C@H](C)N1CCC(C(=O)c2ccc3c(c2)OCCO3)CC1)c1ccc(F)cc1. The first kappa shape index (κ1) is 22.3. The van der Waals surface area contributed by atoms with Crippen molar-refractivity contribution in [3.05, 3.63) is 59.4 Å². The van der Waals surface area contributed by atoms with Gasteiger partial charge in [0.15, 0.2) is 17.3 Å². The van der Waals surface area contributed by atoms with Crippen LogP contribution in [0.5, 0.6) is 11.5 Å². The fourth-order valence-electron chi connectivity index (χ4n) is 4.32. The van der Waals surface area contributed by atoms with E-state index in [0.717, 1.165) is 5.56 Å². The zero-order valence-corrected chi connectivity index (χ0v) is 18.5. The van der Waals surface area contributed by atoms with Crippen molar-refractivity contribution in [2.45, 2.75) is 38.8 Å². The molecule has 0 aromatic heterocycles. The lowest BCUT2D eigenvalue weighted by Crippen LogP contribution is -2.49. The highest BCUT2D eigenvalue weighted by Crippen LogP contribution is 2.32. The molecule has 6 nitrogen and oxygen atoms in total. The van der Waals surface area contributed by atoms with Crippen molar-refractivity contribution in [2.75, 3.05) is 26.3 Å². The Bertz CT molecular complexity index is 970.